The molecule has 114 valence electrons. The van der Waals surface area contributed by atoms with Gasteiger partial charge in [-0.15, -0.1) is 0 Å². The Bertz CT molecular complexity index is 732. The fraction of sp³-hybridized carbons (Fsp3) is 0.222. The van der Waals surface area contributed by atoms with E-state index in [0.717, 1.165) is 24.0 Å². The molecule has 2 aromatic rings. The molecule has 0 heterocycles. The average molecular weight is 298 g/mol. The first kappa shape index (κ1) is 15.8. The van der Waals surface area contributed by atoms with E-state index in [0.29, 0.717) is 0 Å². The predicted octanol–water partition coefficient (Wildman–Crippen LogP) is 3.45. The Kier molecular flexibility index (Phi) is 4.61. The zero-order valence-corrected chi connectivity index (χ0v) is 12.6. The zero-order valence-electron chi connectivity index (χ0n) is 12.6. The molecule has 0 saturated heterocycles. The van der Waals surface area contributed by atoms with Crippen LogP contribution in [0.15, 0.2) is 36.4 Å². The fourth-order valence-electron chi connectivity index (χ4n) is 2.53. The lowest BCUT2D eigenvalue weighted by Crippen LogP contribution is -2.10. The van der Waals surface area contributed by atoms with Gasteiger partial charge in [-0.25, -0.2) is 4.79 Å². The summed E-state index contributed by atoms with van der Waals surface area (Å²) in [6, 6.07) is 9.28. The molecule has 2 N–H and O–H groups in total. The molecule has 0 saturated carbocycles. The lowest BCUT2D eigenvalue weighted by Gasteiger charge is -2.12. The fourth-order valence-corrected chi connectivity index (χ4v) is 2.53. The van der Waals surface area contributed by atoms with Gasteiger partial charge in [-0.05, 0) is 42.2 Å². The van der Waals surface area contributed by atoms with E-state index in [1.165, 1.54) is 12.1 Å². The second-order valence-corrected chi connectivity index (χ2v) is 5.03. The number of carboxylic acid groups (broad SMARTS) is 1. The minimum Gasteiger partial charge on any atom is -0.507 e. The highest BCUT2D eigenvalue weighted by Crippen LogP contribution is 2.27. The SMILES string of the molecule is CCc1cc(O)c(C(=O)c2ccccc2C(=O)O)cc1CC. The summed E-state index contributed by atoms with van der Waals surface area (Å²) in [5, 5.41) is 19.3. The minimum absolute atomic E-state index is 0.0653. The van der Waals surface area contributed by atoms with Crippen LogP contribution >= 0.6 is 0 Å². The van der Waals surface area contributed by atoms with E-state index in [4.69, 9.17) is 0 Å². The van der Waals surface area contributed by atoms with Crippen LogP contribution in [0, 0.1) is 0 Å². The van der Waals surface area contributed by atoms with Crippen molar-refractivity contribution in [3.63, 3.8) is 0 Å². The van der Waals surface area contributed by atoms with Crippen LogP contribution in [0.25, 0.3) is 0 Å². The predicted molar refractivity (Wildman–Crippen MR) is 83.7 cm³/mol. The standard InChI is InChI=1S/C18H18O4/c1-3-11-9-15(16(19)10-12(11)4-2)17(20)13-7-5-6-8-14(13)18(21)22/h5-10,19H,3-4H2,1-2H3,(H,21,22). The normalized spacial score (nSPS) is 10.5. The first-order valence-electron chi connectivity index (χ1n) is 7.21. The third kappa shape index (κ3) is 2.86. The second-order valence-electron chi connectivity index (χ2n) is 5.03. The molecule has 0 bridgehead atoms. The molecule has 0 spiro atoms. The number of ketones is 1. The number of aryl methyl sites for hydroxylation is 2. The summed E-state index contributed by atoms with van der Waals surface area (Å²) in [5.74, 6) is -1.75. The van der Waals surface area contributed by atoms with Gasteiger partial charge in [0.2, 0.25) is 0 Å². The Morgan fingerprint density at radius 1 is 0.909 bits per heavy atom. The van der Waals surface area contributed by atoms with Crippen molar-refractivity contribution in [3.8, 4) is 5.75 Å². The van der Waals surface area contributed by atoms with Crippen LogP contribution in [0.2, 0.25) is 0 Å². The molecule has 0 unspecified atom stereocenters. The molecule has 0 amide bonds. The number of rotatable bonds is 5. The maximum Gasteiger partial charge on any atom is 0.336 e. The second kappa shape index (κ2) is 6.43. The van der Waals surface area contributed by atoms with E-state index in [9.17, 15) is 19.8 Å². The summed E-state index contributed by atoms with van der Waals surface area (Å²) in [5.41, 5.74) is 2.13. The lowest BCUT2D eigenvalue weighted by atomic mass is 9.93. The quantitative estimate of drug-likeness (QED) is 0.829. The van der Waals surface area contributed by atoms with Crippen molar-refractivity contribution in [2.24, 2.45) is 0 Å². The Balaban J connectivity index is 2.57. The van der Waals surface area contributed by atoms with E-state index in [2.05, 4.69) is 0 Å². The number of aromatic hydroxyl groups is 1. The molecule has 0 radical (unpaired) electrons. The van der Waals surface area contributed by atoms with Crippen molar-refractivity contribution in [2.45, 2.75) is 26.7 Å². The van der Waals surface area contributed by atoms with Crippen molar-refractivity contribution in [1.82, 2.24) is 0 Å². The highest BCUT2D eigenvalue weighted by atomic mass is 16.4. The molecule has 2 aromatic carbocycles. The maximum atomic E-state index is 12.6. The summed E-state index contributed by atoms with van der Waals surface area (Å²) in [6.07, 6.45) is 1.50. The van der Waals surface area contributed by atoms with Crippen molar-refractivity contribution < 1.29 is 19.8 Å². The Morgan fingerprint density at radius 2 is 1.45 bits per heavy atom. The molecule has 0 aliphatic carbocycles. The van der Waals surface area contributed by atoms with Crippen LogP contribution < -0.4 is 0 Å². The average Bonchev–Trinajstić information content (AvgIpc) is 2.53. The molecule has 2 rings (SSSR count). The number of phenols is 1. The van der Waals surface area contributed by atoms with Crippen LogP contribution in [0.5, 0.6) is 5.75 Å². The van der Waals surface area contributed by atoms with Gasteiger partial charge in [0.15, 0.2) is 5.78 Å². The number of hydrogen-bond acceptors (Lipinski definition) is 3. The number of carbonyl (C=O) groups excluding carboxylic acids is 1. The van der Waals surface area contributed by atoms with Gasteiger partial charge in [0.1, 0.15) is 5.75 Å². The van der Waals surface area contributed by atoms with Gasteiger partial charge in [0, 0.05) is 5.56 Å². The highest BCUT2D eigenvalue weighted by Gasteiger charge is 2.21. The number of aromatic carboxylic acids is 1. The van der Waals surface area contributed by atoms with E-state index in [-0.39, 0.29) is 22.4 Å². The van der Waals surface area contributed by atoms with Gasteiger partial charge in [-0.1, -0.05) is 32.0 Å². The topological polar surface area (TPSA) is 74.6 Å². The summed E-state index contributed by atoms with van der Waals surface area (Å²) >= 11 is 0. The Labute approximate surface area is 129 Å². The van der Waals surface area contributed by atoms with Gasteiger partial charge < -0.3 is 10.2 Å². The number of benzene rings is 2. The molecule has 0 fully saturated rings. The third-order valence-electron chi connectivity index (χ3n) is 3.73. The number of phenolic OH excluding ortho intramolecular Hbond substituents is 1. The van der Waals surface area contributed by atoms with Crippen LogP contribution in [-0.4, -0.2) is 22.0 Å². The first-order chi connectivity index (χ1) is 10.5. The van der Waals surface area contributed by atoms with Crippen molar-refractivity contribution in [2.75, 3.05) is 0 Å². The molecule has 0 aliphatic rings. The number of carbonyl (C=O) groups is 2. The lowest BCUT2D eigenvalue weighted by molar-refractivity contribution is 0.0692. The zero-order chi connectivity index (χ0) is 16.3. The summed E-state index contributed by atoms with van der Waals surface area (Å²) in [6.45, 7) is 3.96. The molecule has 0 aliphatic heterocycles. The van der Waals surface area contributed by atoms with Gasteiger partial charge in [0.25, 0.3) is 0 Å². The maximum absolute atomic E-state index is 12.6. The molecule has 22 heavy (non-hydrogen) atoms. The van der Waals surface area contributed by atoms with E-state index in [1.807, 2.05) is 13.8 Å². The van der Waals surface area contributed by atoms with Crippen LogP contribution in [-0.2, 0) is 12.8 Å². The summed E-state index contributed by atoms with van der Waals surface area (Å²) < 4.78 is 0. The number of carboxylic acids is 1. The molecule has 4 heteroatoms. The van der Waals surface area contributed by atoms with E-state index in [1.54, 1.807) is 24.3 Å². The van der Waals surface area contributed by atoms with Gasteiger partial charge >= 0.3 is 5.97 Å². The molecule has 0 aromatic heterocycles. The Morgan fingerprint density at radius 3 is 2.00 bits per heavy atom. The van der Waals surface area contributed by atoms with Crippen LogP contribution in [0.3, 0.4) is 0 Å². The number of hydrogen-bond donors (Lipinski definition) is 2. The molecule has 4 nitrogen and oxygen atoms in total. The van der Waals surface area contributed by atoms with Gasteiger partial charge in [0.05, 0.1) is 11.1 Å². The van der Waals surface area contributed by atoms with Crippen LogP contribution in [0.1, 0.15) is 51.3 Å². The van der Waals surface area contributed by atoms with Crippen molar-refractivity contribution in [1.29, 1.82) is 0 Å². The van der Waals surface area contributed by atoms with Gasteiger partial charge in [-0.2, -0.15) is 0 Å². The minimum atomic E-state index is -1.16. The molecular formula is C18H18O4. The van der Waals surface area contributed by atoms with Gasteiger partial charge in [-0.3, -0.25) is 4.79 Å². The summed E-state index contributed by atoms with van der Waals surface area (Å²) in [7, 11) is 0. The third-order valence-corrected chi connectivity index (χ3v) is 3.73. The molecular weight excluding hydrogens is 280 g/mol. The monoisotopic (exact) mass is 298 g/mol. The van der Waals surface area contributed by atoms with E-state index < -0.39 is 11.8 Å². The first-order valence-corrected chi connectivity index (χ1v) is 7.21. The summed E-state index contributed by atoms with van der Waals surface area (Å²) in [4.78, 5) is 23.9. The largest absolute Gasteiger partial charge is 0.507 e. The highest BCUT2D eigenvalue weighted by molar-refractivity contribution is 6.15. The Hall–Kier alpha value is -2.62. The smallest absolute Gasteiger partial charge is 0.336 e. The van der Waals surface area contributed by atoms with Crippen molar-refractivity contribution >= 4 is 11.8 Å². The van der Waals surface area contributed by atoms with Crippen molar-refractivity contribution in [3.05, 3.63) is 64.2 Å². The van der Waals surface area contributed by atoms with Crippen LogP contribution in [0.4, 0.5) is 0 Å². The molecule has 0 atom stereocenters. The van der Waals surface area contributed by atoms with E-state index >= 15 is 0 Å².